The molecule has 0 spiro atoms. The Bertz CT molecular complexity index is 1290. The van der Waals surface area contributed by atoms with Gasteiger partial charge in [-0.25, -0.2) is 4.98 Å². The van der Waals surface area contributed by atoms with Crippen LogP contribution in [0.2, 0.25) is 0 Å². The largest absolute Gasteiger partial charge is 0.353 e. The molecule has 0 bridgehead atoms. The number of hydrogen-bond donors (Lipinski definition) is 1. The van der Waals surface area contributed by atoms with Gasteiger partial charge in [-0.05, 0) is 43.5 Å². The van der Waals surface area contributed by atoms with Crippen LogP contribution in [0, 0.1) is 13.8 Å². The van der Waals surface area contributed by atoms with E-state index in [4.69, 9.17) is 4.98 Å². The van der Waals surface area contributed by atoms with Crippen molar-refractivity contribution in [2.24, 2.45) is 7.05 Å². The van der Waals surface area contributed by atoms with Crippen molar-refractivity contribution >= 4 is 34.7 Å². The highest BCUT2D eigenvalue weighted by molar-refractivity contribution is 7.13. The summed E-state index contributed by atoms with van der Waals surface area (Å²) in [5.41, 5.74) is 4.51. The maximum absolute atomic E-state index is 13.2. The molecule has 3 aromatic heterocycles. The predicted molar refractivity (Wildman–Crippen MR) is 136 cm³/mol. The number of hydrogen-bond acceptors (Lipinski definition) is 7. The smallest absolute Gasteiger partial charge is 0.272 e. The lowest BCUT2D eigenvalue weighted by Gasteiger charge is -2.35. The minimum atomic E-state index is 0.0121. The number of benzene rings is 1. The number of nitrogens with zero attached hydrogens (tertiary/aromatic N) is 6. The Morgan fingerprint density at radius 1 is 1.00 bits per heavy atom. The summed E-state index contributed by atoms with van der Waals surface area (Å²) in [6, 6.07) is 16.0. The van der Waals surface area contributed by atoms with Crippen LogP contribution in [-0.2, 0) is 7.05 Å². The van der Waals surface area contributed by atoms with E-state index in [0.29, 0.717) is 37.8 Å². The van der Waals surface area contributed by atoms with Gasteiger partial charge in [0.1, 0.15) is 17.2 Å². The molecular formula is C25H27N7OS. The summed E-state index contributed by atoms with van der Waals surface area (Å²) in [7, 11) is 1.83. The summed E-state index contributed by atoms with van der Waals surface area (Å²) in [5.74, 6) is 1.46. The monoisotopic (exact) mass is 473 g/mol. The van der Waals surface area contributed by atoms with Crippen molar-refractivity contribution in [3.63, 3.8) is 0 Å². The van der Waals surface area contributed by atoms with E-state index < -0.39 is 0 Å². The lowest BCUT2D eigenvalue weighted by atomic mass is 10.2. The summed E-state index contributed by atoms with van der Waals surface area (Å²) >= 11 is 1.62. The number of aromatic nitrogens is 4. The Morgan fingerprint density at radius 2 is 1.76 bits per heavy atom. The standard InChI is InChI=1S/C25H27N7OS/c1-17-6-8-19(9-7-17)27-25-26-18(2)15-23(28-25)31-10-12-32(13-11-31)24(33)21-16-20(29-30(21)3)22-5-4-14-34-22/h4-9,14-16H,10-13H2,1-3H3,(H,26,27,28). The van der Waals surface area contributed by atoms with Gasteiger partial charge in [0.15, 0.2) is 0 Å². The van der Waals surface area contributed by atoms with E-state index in [-0.39, 0.29) is 5.91 Å². The Kier molecular flexibility index (Phi) is 6.02. The second kappa shape index (κ2) is 9.26. The van der Waals surface area contributed by atoms with Gasteiger partial charge in [0, 0.05) is 50.7 Å². The zero-order valence-electron chi connectivity index (χ0n) is 19.5. The molecular weight excluding hydrogens is 446 g/mol. The first-order chi connectivity index (χ1) is 16.5. The van der Waals surface area contributed by atoms with Crippen LogP contribution in [-0.4, -0.2) is 56.7 Å². The van der Waals surface area contributed by atoms with E-state index in [1.807, 2.05) is 60.6 Å². The van der Waals surface area contributed by atoms with Gasteiger partial charge in [0.2, 0.25) is 5.95 Å². The molecule has 1 saturated heterocycles. The number of aryl methyl sites for hydroxylation is 3. The molecule has 1 aromatic carbocycles. The average Bonchev–Trinajstić information content (AvgIpc) is 3.50. The summed E-state index contributed by atoms with van der Waals surface area (Å²) in [6.07, 6.45) is 0. The van der Waals surface area contributed by atoms with E-state index in [2.05, 4.69) is 39.4 Å². The third-order valence-corrected chi connectivity index (χ3v) is 6.80. The van der Waals surface area contributed by atoms with E-state index >= 15 is 0 Å². The fraction of sp³-hybridized carbons (Fsp3) is 0.280. The lowest BCUT2D eigenvalue weighted by Crippen LogP contribution is -2.49. The highest BCUT2D eigenvalue weighted by atomic mass is 32.1. The number of thiophene rings is 1. The molecule has 0 unspecified atom stereocenters. The van der Waals surface area contributed by atoms with Gasteiger partial charge in [0.25, 0.3) is 5.91 Å². The van der Waals surface area contributed by atoms with Gasteiger partial charge in [-0.2, -0.15) is 10.1 Å². The fourth-order valence-corrected chi connectivity index (χ4v) is 4.73. The number of amides is 1. The number of carbonyl (C=O) groups excluding carboxylic acids is 1. The van der Waals surface area contributed by atoms with Crippen LogP contribution in [0.15, 0.2) is 53.9 Å². The van der Waals surface area contributed by atoms with Crippen LogP contribution < -0.4 is 10.2 Å². The van der Waals surface area contributed by atoms with Crippen LogP contribution in [0.25, 0.3) is 10.6 Å². The van der Waals surface area contributed by atoms with Crippen molar-refractivity contribution in [3.8, 4) is 10.6 Å². The Balaban J connectivity index is 1.26. The highest BCUT2D eigenvalue weighted by Crippen LogP contribution is 2.25. The Hall–Kier alpha value is -3.72. The molecule has 1 amide bonds. The first-order valence-electron chi connectivity index (χ1n) is 11.3. The van der Waals surface area contributed by atoms with E-state index in [1.165, 1.54) is 5.56 Å². The average molecular weight is 474 g/mol. The maximum Gasteiger partial charge on any atom is 0.272 e. The van der Waals surface area contributed by atoms with Crippen molar-refractivity contribution in [1.29, 1.82) is 0 Å². The fourth-order valence-electron chi connectivity index (χ4n) is 4.05. The van der Waals surface area contributed by atoms with Gasteiger partial charge < -0.3 is 15.1 Å². The van der Waals surface area contributed by atoms with Gasteiger partial charge in [0.05, 0.1) is 4.88 Å². The van der Waals surface area contributed by atoms with Crippen LogP contribution in [0.3, 0.4) is 0 Å². The van der Waals surface area contributed by atoms with E-state index in [0.717, 1.165) is 27.8 Å². The summed E-state index contributed by atoms with van der Waals surface area (Å²) < 4.78 is 1.68. The third-order valence-electron chi connectivity index (χ3n) is 5.91. The Labute approximate surface area is 202 Å². The molecule has 9 heteroatoms. The van der Waals surface area contributed by atoms with Gasteiger partial charge in [-0.3, -0.25) is 9.48 Å². The molecule has 1 aliphatic rings. The predicted octanol–water partition coefficient (Wildman–Crippen LogP) is 4.26. The zero-order valence-corrected chi connectivity index (χ0v) is 20.3. The number of nitrogens with one attached hydrogen (secondary N) is 1. The third kappa shape index (κ3) is 4.65. The van der Waals surface area contributed by atoms with Gasteiger partial charge in [-0.1, -0.05) is 23.8 Å². The van der Waals surface area contributed by atoms with Crippen molar-refractivity contribution in [1.82, 2.24) is 24.6 Å². The molecule has 0 atom stereocenters. The van der Waals surface area contributed by atoms with Gasteiger partial charge in [-0.15, -0.1) is 11.3 Å². The normalized spacial score (nSPS) is 13.9. The zero-order chi connectivity index (χ0) is 23.7. The molecule has 5 rings (SSSR count). The molecule has 4 heterocycles. The number of piperazine rings is 1. The minimum absolute atomic E-state index is 0.0121. The maximum atomic E-state index is 13.2. The number of carbonyl (C=O) groups is 1. The number of rotatable bonds is 5. The molecule has 1 N–H and O–H groups in total. The summed E-state index contributed by atoms with van der Waals surface area (Å²) in [4.78, 5) is 27.6. The molecule has 4 aromatic rings. The molecule has 0 aliphatic carbocycles. The van der Waals surface area contributed by atoms with Crippen molar-refractivity contribution in [2.45, 2.75) is 13.8 Å². The van der Waals surface area contributed by atoms with Crippen LogP contribution >= 0.6 is 11.3 Å². The van der Waals surface area contributed by atoms with Crippen molar-refractivity contribution < 1.29 is 4.79 Å². The second-order valence-electron chi connectivity index (χ2n) is 8.48. The molecule has 34 heavy (non-hydrogen) atoms. The minimum Gasteiger partial charge on any atom is -0.353 e. The molecule has 0 radical (unpaired) electrons. The summed E-state index contributed by atoms with van der Waals surface area (Å²) in [6.45, 7) is 6.71. The molecule has 1 aliphatic heterocycles. The van der Waals surface area contributed by atoms with Crippen LogP contribution in [0.1, 0.15) is 21.7 Å². The SMILES string of the molecule is Cc1ccc(Nc2nc(C)cc(N3CCN(C(=O)c4cc(-c5cccs5)nn4C)CC3)n2)cc1. The lowest BCUT2D eigenvalue weighted by molar-refractivity contribution is 0.0735. The van der Waals surface area contributed by atoms with Gasteiger partial charge >= 0.3 is 0 Å². The first kappa shape index (κ1) is 22.1. The molecule has 1 fully saturated rings. The first-order valence-corrected chi connectivity index (χ1v) is 12.2. The highest BCUT2D eigenvalue weighted by Gasteiger charge is 2.26. The topological polar surface area (TPSA) is 79.2 Å². The van der Waals surface area contributed by atoms with Crippen LogP contribution in [0.4, 0.5) is 17.5 Å². The van der Waals surface area contributed by atoms with Crippen molar-refractivity contribution in [2.75, 3.05) is 36.4 Å². The van der Waals surface area contributed by atoms with E-state index in [9.17, 15) is 4.79 Å². The second-order valence-corrected chi connectivity index (χ2v) is 9.42. The van der Waals surface area contributed by atoms with Crippen molar-refractivity contribution in [3.05, 3.63) is 70.9 Å². The summed E-state index contributed by atoms with van der Waals surface area (Å²) in [5, 5.41) is 9.85. The van der Waals surface area contributed by atoms with E-state index in [1.54, 1.807) is 16.0 Å². The molecule has 174 valence electrons. The molecule has 0 saturated carbocycles. The van der Waals surface area contributed by atoms with Crippen LogP contribution in [0.5, 0.6) is 0 Å². The quantitative estimate of drug-likeness (QED) is 0.467. The number of anilines is 3. The molecule has 8 nitrogen and oxygen atoms in total. The Morgan fingerprint density at radius 3 is 2.47 bits per heavy atom.